The minimum atomic E-state index is -3.60. The Balaban J connectivity index is 1.43. The molecule has 0 N–H and O–H groups in total. The van der Waals surface area contributed by atoms with Crippen LogP contribution in [-0.4, -0.2) is 35.4 Å². The van der Waals surface area contributed by atoms with Crippen LogP contribution >= 0.6 is 11.8 Å². The normalized spacial score (nSPS) is 14.8. The van der Waals surface area contributed by atoms with Crippen molar-refractivity contribution in [3.8, 4) is 0 Å². The molecule has 4 aromatic rings. The van der Waals surface area contributed by atoms with Gasteiger partial charge in [-0.15, -0.1) is 0 Å². The topological polar surface area (TPSA) is 85.4 Å². The molecule has 0 saturated carbocycles. The summed E-state index contributed by atoms with van der Waals surface area (Å²) >= 11 is 1.35. The van der Waals surface area contributed by atoms with Crippen LogP contribution in [0, 0.1) is 0 Å². The predicted octanol–water partition coefficient (Wildman–Crippen LogP) is 4.11. The number of thioether (sulfide) groups is 1. The van der Waals surface area contributed by atoms with Crippen LogP contribution in [0.3, 0.4) is 0 Å². The van der Waals surface area contributed by atoms with Crippen LogP contribution in [0.25, 0.3) is 10.9 Å². The second kappa shape index (κ2) is 9.17. The number of rotatable bonds is 7. The summed E-state index contributed by atoms with van der Waals surface area (Å²) in [6.45, 7) is 1.45. The standard InChI is InChI=1S/C24H23N3O4S2/c28-23-20-10-4-5-11-21(20)25-24(27(23)16-18-8-2-1-3-9-18)32-17-19-12-13-22(31-19)33(29,30)26-14-6-7-15-26/h1-5,8-13H,6-7,14-17H2. The number of sulfonamides is 1. The first-order chi connectivity index (χ1) is 16.0. The van der Waals surface area contributed by atoms with Gasteiger partial charge >= 0.3 is 0 Å². The predicted molar refractivity (Wildman–Crippen MR) is 128 cm³/mol. The number of hydrogen-bond donors (Lipinski definition) is 0. The molecule has 2 aromatic carbocycles. The molecule has 7 nitrogen and oxygen atoms in total. The summed E-state index contributed by atoms with van der Waals surface area (Å²) in [4.78, 5) is 18.0. The summed E-state index contributed by atoms with van der Waals surface area (Å²) in [6, 6.07) is 20.2. The maximum absolute atomic E-state index is 13.2. The van der Waals surface area contributed by atoms with E-state index in [2.05, 4.69) is 0 Å². The van der Waals surface area contributed by atoms with Gasteiger partial charge < -0.3 is 4.42 Å². The quantitative estimate of drug-likeness (QED) is 0.292. The van der Waals surface area contributed by atoms with E-state index in [0.29, 0.717) is 47.2 Å². The number of nitrogens with zero attached hydrogens (tertiary/aromatic N) is 3. The van der Waals surface area contributed by atoms with Crippen LogP contribution in [-0.2, 0) is 22.3 Å². The number of benzene rings is 2. The Bertz CT molecular complexity index is 1440. The fraction of sp³-hybridized carbons (Fsp3) is 0.250. The second-order valence-electron chi connectivity index (χ2n) is 7.91. The van der Waals surface area contributed by atoms with Crippen molar-refractivity contribution < 1.29 is 12.8 Å². The maximum Gasteiger partial charge on any atom is 0.276 e. The van der Waals surface area contributed by atoms with Crippen molar-refractivity contribution in [3.63, 3.8) is 0 Å². The van der Waals surface area contributed by atoms with Gasteiger partial charge in [-0.1, -0.05) is 54.2 Å². The zero-order valence-corrected chi connectivity index (χ0v) is 19.5. The third-order valence-electron chi connectivity index (χ3n) is 5.65. The molecule has 0 aliphatic carbocycles. The first kappa shape index (κ1) is 21.9. The molecule has 0 amide bonds. The van der Waals surface area contributed by atoms with Crippen molar-refractivity contribution >= 4 is 32.7 Å². The number of aromatic nitrogens is 2. The van der Waals surface area contributed by atoms with E-state index in [0.717, 1.165) is 18.4 Å². The molecule has 2 aromatic heterocycles. The van der Waals surface area contributed by atoms with Crippen molar-refractivity contribution in [2.75, 3.05) is 13.1 Å². The molecule has 170 valence electrons. The minimum absolute atomic E-state index is 0.0341. The van der Waals surface area contributed by atoms with Crippen LogP contribution < -0.4 is 5.56 Å². The van der Waals surface area contributed by atoms with Crippen molar-refractivity contribution in [1.29, 1.82) is 0 Å². The molecule has 9 heteroatoms. The van der Waals surface area contributed by atoms with Gasteiger partial charge in [0.1, 0.15) is 5.76 Å². The highest BCUT2D eigenvalue weighted by molar-refractivity contribution is 7.98. The molecule has 1 aliphatic rings. The van der Waals surface area contributed by atoms with Gasteiger partial charge in [0.05, 0.1) is 23.2 Å². The number of fused-ring (bicyclic) bond motifs is 1. The van der Waals surface area contributed by atoms with E-state index >= 15 is 0 Å². The lowest BCUT2D eigenvalue weighted by atomic mass is 10.2. The van der Waals surface area contributed by atoms with E-state index in [-0.39, 0.29) is 10.7 Å². The highest BCUT2D eigenvalue weighted by Crippen LogP contribution is 2.27. The molecular weight excluding hydrogens is 458 g/mol. The third kappa shape index (κ3) is 4.48. The molecule has 3 heterocycles. The van der Waals surface area contributed by atoms with Crippen molar-refractivity contribution in [1.82, 2.24) is 13.9 Å². The largest absolute Gasteiger partial charge is 0.447 e. The molecule has 0 spiro atoms. The van der Waals surface area contributed by atoms with Crippen LogP contribution in [0.15, 0.2) is 86.2 Å². The van der Waals surface area contributed by atoms with Crippen LogP contribution in [0.5, 0.6) is 0 Å². The van der Waals surface area contributed by atoms with Crippen LogP contribution in [0.4, 0.5) is 0 Å². The number of hydrogen-bond acceptors (Lipinski definition) is 6. The molecule has 1 aliphatic heterocycles. The Morgan fingerprint density at radius 3 is 2.45 bits per heavy atom. The molecule has 1 fully saturated rings. The summed E-state index contributed by atoms with van der Waals surface area (Å²) in [5.74, 6) is 0.876. The molecule has 1 saturated heterocycles. The van der Waals surface area contributed by atoms with E-state index in [1.165, 1.54) is 22.1 Å². The van der Waals surface area contributed by atoms with Gasteiger partial charge in [0.2, 0.25) is 5.09 Å². The Labute approximate surface area is 196 Å². The van der Waals surface area contributed by atoms with Crippen molar-refractivity contribution in [2.24, 2.45) is 0 Å². The van der Waals surface area contributed by atoms with Crippen molar-refractivity contribution in [3.05, 3.63) is 88.4 Å². The SMILES string of the molecule is O=c1c2ccccc2nc(SCc2ccc(S(=O)(=O)N3CCCC3)o2)n1Cc1ccccc1. The van der Waals surface area contributed by atoms with Gasteiger partial charge in [0.15, 0.2) is 5.16 Å². The van der Waals surface area contributed by atoms with Gasteiger partial charge in [0, 0.05) is 13.1 Å². The van der Waals surface area contributed by atoms with Crippen LogP contribution in [0.1, 0.15) is 24.2 Å². The molecule has 5 rings (SSSR count). The molecule has 33 heavy (non-hydrogen) atoms. The van der Waals surface area contributed by atoms with E-state index in [1.54, 1.807) is 16.7 Å². The first-order valence-corrected chi connectivity index (χ1v) is 13.2. The van der Waals surface area contributed by atoms with E-state index in [4.69, 9.17) is 9.40 Å². The zero-order valence-electron chi connectivity index (χ0n) is 17.9. The smallest absolute Gasteiger partial charge is 0.276 e. The number of furan rings is 1. The average Bonchev–Trinajstić information content (AvgIpc) is 3.54. The van der Waals surface area contributed by atoms with Crippen molar-refractivity contribution in [2.45, 2.75) is 35.4 Å². The van der Waals surface area contributed by atoms with E-state index in [1.807, 2.05) is 48.5 Å². The Morgan fingerprint density at radius 2 is 1.67 bits per heavy atom. The summed E-state index contributed by atoms with van der Waals surface area (Å²) < 4.78 is 34.3. The third-order valence-corrected chi connectivity index (χ3v) is 8.42. The lowest BCUT2D eigenvalue weighted by Gasteiger charge is -2.13. The maximum atomic E-state index is 13.2. The van der Waals surface area contributed by atoms with Crippen LogP contribution in [0.2, 0.25) is 0 Å². The first-order valence-electron chi connectivity index (χ1n) is 10.8. The molecule has 0 radical (unpaired) electrons. The van der Waals surface area contributed by atoms with Gasteiger partial charge in [-0.05, 0) is 42.7 Å². The summed E-state index contributed by atoms with van der Waals surface area (Å²) in [7, 11) is -3.60. The van der Waals surface area contributed by atoms with Gasteiger partial charge in [-0.25, -0.2) is 13.4 Å². The minimum Gasteiger partial charge on any atom is -0.447 e. The fourth-order valence-corrected chi connectivity index (χ4v) is 6.27. The lowest BCUT2D eigenvalue weighted by Crippen LogP contribution is -2.27. The Morgan fingerprint density at radius 1 is 0.939 bits per heavy atom. The molecule has 0 bridgehead atoms. The number of para-hydroxylation sites is 1. The van der Waals surface area contributed by atoms with E-state index in [9.17, 15) is 13.2 Å². The molecular formula is C24H23N3O4S2. The summed E-state index contributed by atoms with van der Waals surface area (Å²) in [5.41, 5.74) is 1.52. The highest BCUT2D eigenvalue weighted by Gasteiger charge is 2.30. The van der Waals surface area contributed by atoms with Gasteiger partial charge in [0.25, 0.3) is 15.6 Å². The second-order valence-corrected chi connectivity index (χ2v) is 10.7. The summed E-state index contributed by atoms with van der Waals surface area (Å²) in [6.07, 6.45) is 1.74. The Kier molecular flexibility index (Phi) is 6.09. The monoisotopic (exact) mass is 481 g/mol. The molecule has 0 unspecified atom stereocenters. The highest BCUT2D eigenvalue weighted by atomic mass is 32.2. The van der Waals surface area contributed by atoms with Gasteiger partial charge in [-0.2, -0.15) is 4.31 Å². The Hall–Kier alpha value is -2.88. The molecule has 0 atom stereocenters. The zero-order chi connectivity index (χ0) is 22.8. The average molecular weight is 482 g/mol. The lowest BCUT2D eigenvalue weighted by molar-refractivity contribution is 0.397. The summed E-state index contributed by atoms with van der Waals surface area (Å²) in [5, 5.41) is 1.09. The fourth-order valence-electron chi connectivity index (χ4n) is 3.93. The van der Waals surface area contributed by atoms with E-state index < -0.39 is 10.0 Å². The van der Waals surface area contributed by atoms with Gasteiger partial charge in [-0.3, -0.25) is 9.36 Å².